The number of benzene rings is 3. The molecule has 3 saturated heterocycles. The number of phenols is 1. The van der Waals surface area contributed by atoms with Crippen LogP contribution in [-0.2, 0) is 4.79 Å². The van der Waals surface area contributed by atoms with Gasteiger partial charge in [0, 0.05) is 106 Å². The van der Waals surface area contributed by atoms with E-state index in [1.54, 1.807) is 6.07 Å². The summed E-state index contributed by atoms with van der Waals surface area (Å²) in [6.45, 7) is 8.18. The van der Waals surface area contributed by atoms with Crippen LogP contribution in [0.1, 0.15) is 77.3 Å². The molecule has 0 spiro atoms. The first kappa shape index (κ1) is 43.7. The molecule has 0 atom stereocenters. The highest BCUT2D eigenvalue weighted by molar-refractivity contribution is 6.06. The lowest BCUT2D eigenvalue weighted by Gasteiger charge is -2.39. The number of imide groups is 1. The Hall–Kier alpha value is -6.56. The molecular formula is C47H51F3N10O5. The normalized spacial score (nSPS) is 20.0. The average molecular weight is 893 g/mol. The molecule has 65 heavy (non-hydrogen) atoms. The fourth-order valence-corrected chi connectivity index (χ4v) is 9.56. The molecule has 3 aliphatic heterocycles. The predicted molar refractivity (Wildman–Crippen MR) is 236 cm³/mol. The third-order valence-corrected chi connectivity index (χ3v) is 13.5. The predicted octanol–water partition coefficient (Wildman–Crippen LogP) is 6.21. The van der Waals surface area contributed by atoms with E-state index in [1.807, 2.05) is 65.4 Å². The number of aryl methyl sites for hydroxylation is 1. The van der Waals surface area contributed by atoms with Crippen molar-refractivity contribution in [2.75, 3.05) is 68.7 Å². The standard InChI is InChI=1S/C47H51F3N10O5/c1-28-2-5-32(21-39(28)59-15-12-40(61)54-47(59)65)45(64)57-13-10-30(11-14-57)26-56-16-18-58(19-17-56)46-52-24-34(25-53-46)31-6-7-33-27-60(55-38(33)20-31)35-8-3-29(4-9-35)23-51-44(63)36-22-37(48)43(62)42(50)41(36)49/h2,5-7,20-22,24-25,27,29-30,35,62H,3-4,8-19,23,26H2,1H3,(H,51,63)(H,54,61,65). The van der Waals surface area contributed by atoms with Gasteiger partial charge in [0.05, 0.1) is 17.1 Å². The van der Waals surface area contributed by atoms with E-state index in [9.17, 15) is 37.5 Å². The number of hydrogen-bond donors (Lipinski definition) is 3. The molecule has 1 aliphatic carbocycles. The molecule has 0 unspecified atom stereocenters. The monoisotopic (exact) mass is 892 g/mol. The molecule has 2 aromatic heterocycles. The number of hydrogen-bond acceptors (Lipinski definition) is 10. The van der Waals surface area contributed by atoms with Crippen molar-refractivity contribution in [3.63, 3.8) is 0 Å². The SMILES string of the molecule is Cc1ccc(C(=O)N2CCC(CN3CCN(c4ncc(-c5ccc6cn(C7CCC(CNC(=O)c8cc(F)c(O)c(F)c8F)CC7)nc6c5)cn4)CC3)CC2)cc1N1CCC(=O)NC1=O. The number of nitrogens with one attached hydrogen (secondary N) is 2. The number of fused-ring (bicyclic) bond motifs is 1. The topological polar surface area (TPSA) is 169 Å². The van der Waals surface area contributed by atoms with E-state index in [-0.39, 0.29) is 43.3 Å². The van der Waals surface area contributed by atoms with Crippen molar-refractivity contribution in [1.82, 2.24) is 40.2 Å². The molecule has 4 fully saturated rings. The second kappa shape index (κ2) is 18.5. The van der Waals surface area contributed by atoms with Gasteiger partial charge in [-0.25, -0.2) is 23.5 Å². The Morgan fingerprint density at radius 1 is 0.831 bits per heavy atom. The maximum Gasteiger partial charge on any atom is 0.328 e. The van der Waals surface area contributed by atoms with E-state index in [4.69, 9.17) is 15.1 Å². The van der Waals surface area contributed by atoms with Gasteiger partial charge in [-0.1, -0.05) is 18.2 Å². The van der Waals surface area contributed by atoms with Crippen LogP contribution in [0, 0.1) is 36.2 Å². The van der Waals surface area contributed by atoms with Gasteiger partial charge in [-0.3, -0.25) is 34.2 Å². The van der Waals surface area contributed by atoms with Gasteiger partial charge in [0.25, 0.3) is 11.8 Å². The quantitative estimate of drug-likeness (QED) is 0.137. The molecular weight excluding hydrogens is 842 g/mol. The van der Waals surface area contributed by atoms with Crippen LogP contribution in [0.2, 0.25) is 0 Å². The van der Waals surface area contributed by atoms with Gasteiger partial charge in [-0.05, 0) is 92.7 Å². The van der Waals surface area contributed by atoms with Crippen LogP contribution < -0.4 is 20.4 Å². The minimum Gasteiger partial charge on any atom is -0.503 e. The second-order valence-corrected chi connectivity index (χ2v) is 17.7. The summed E-state index contributed by atoms with van der Waals surface area (Å²) < 4.78 is 43.6. The van der Waals surface area contributed by atoms with Gasteiger partial charge in [-0.2, -0.15) is 9.49 Å². The van der Waals surface area contributed by atoms with Crippen LogP contribution in [0.5, 0.6) is 5.75 Å². The fraction of sp³-hybridized carbons (Fsp3) is 0.426. The summed E-state index contributed by atoms with van der Waals surface area (Å²) in [4.78, 5) is 67.8. The zero-order valence-electron chi connectivity index (χ0n) is 36.1. The molecule has 0 radical (unpaired) electrons. The number of likely N-dealkylation sites (tertiary alicyclic amines) is 1. The van der Waals surface area contributed by atoms with E-state index in [0.29, 0.717) is 42.3 Å². The highest BCUT2D eigenvalue weighted by atomic mass is 19.2. The van der Waals surface area contributed by atoms with Crippen LogP contribution in [0.25, 0.3) is 22.0 Å². The van der Waals surface area contributed by atoms with E-state index >= 15 is 0 Å². The first-order valence-electron chi connectivity index (χ1n) is 22.3. The molecule has 5 heterocycles. The first-order valence-corrected chi connectivity index (χ1v) is 22.3. The molecule has 5 aromatic rings. The fourth-order valence-electron chi connectivity index (χ4n) is 9.56. The zero-order valence-corrected chi connectivity index (χ0v) is 36.1. The number of carbonyl (C=O) groups excluding carboxylic acids is 4. The van der Waals surface area contributed by atoms with E-state index in [0.717, 1.165) is 98.8 Å². The summed E-state index contributed by atoms with van der Waals surface area (Å²) in [6.07, 6.45) is 11.0. The number of anilines is 2. The van der Waals surface area contributed by atoms with E-state index < -0.39 is 40.7 Å². The molecule has 0 bridgehead atoms. The average Bonchev–Trinajstić information content (AvgIpc) is 3.76. The van der Waals surface area contributed by atoms with Gasteiger partial charge in [-0.15, -0.1) is 0 Å². The Morgan fingerprint density at radius 3 is 2.29 bits per heavy atom. The van der Waals surface area contributed by atoms with Crippen molar-refractivity contribution in [1.29, 1.82) is 0 Å². The molecule has 3 N–H and O–H groups in total. The summed E-state index contributed by atoms with van der Waals surface area (Å²) in [6, 6.07) is 11.8. The maximum atomic E-state index is 14.2. The maximum absolute atomic E-state index is 14.2. The Bertz CT molecular complexity index is 2620. The van der Waals surface area contributed by atoms with Gasteiger partial charge in [0.1, 0.15) is 0 Å². The molecule has 5 amide bonds. The van der Waals surface area contributed by atoms with Gasteiger partial charge >= 0.3 is 6.03 Å². The summed E-state index contributed by atoms with van der Waals surface area (Å²) in [7, 11) is 0. The number of aromatic hydroxyl groups is 1. The number of carbonyl (C=O) groups is 4. The first-order chi connectivity index (χ1) is 31.4. The Labute approximate surface area is 373 Å². The minimum absolute atomic E-state index is 0.0403. The minimum atomic E-state index is -1.79. The molecule has 15 nitrogen and oxygen atoms in total. The number of piperazine rings is 1. The summed E-state index contributed by atoms with van der Waals surface area (Å²) in [5.41, 5.74) is 3.99. The summed E-state index contributed by atoms with van der Waals surface area (Å²) >= 11 is 0. The zero-order chi connectivity index (χ0) is 45.4. The van der Waals surface area contributed by atoms with Crippen molar-refractivity contribution in [2.24, 2.45) is 11.8 Å². The number of rotatable bonds is 10. The van der Waals surface area contributed by atoms with E-state index in [2.05, 4.69) is 20.4 Å². The summed E-state index contributed by atoms with van der Waals surface area (Å²) in [5.74, 6) is -6.18. The van der Waals surface area contributed by atoms with Crippen molar-refractivity contribution >= 4 is 46.3 Å². The molecule has 4 aliphatic rings. The Morgan fingerprint density at radius 2 is 1.57 bits per heavy atom. The van der Waals surface area contributed by atoms with Crippen LogP contribution in [0.4, 0.5) is 29.6 Å². The lowest BCUT2D eigenvalue weighted by Crippen LogP contribution is -2.50. The molecule has 3 aromatic carbocycles. The number of urea groups is 1. The summed E-state index contributed by atoms with van der Waals surface area (Å²) in [5, 5.41) is 20.1. The van der Waals surface area contributed by atoms with Gasteiger partial charge < -0.3 is 20.2 Å². The lowest BCUT2D eigenvalue weighted by atomic mass is 9.86. The number of nitrogens with zero attached hydrogens (tertiary/aromatic N) is 8. The van der Waals surface area contributed by atoms with Gasteiger partial charge in [0.2, 0.25) is 17.7 Å². The van der Waals surface area contributed by atoms with E-state index in [1.165, 1.54) is 4.90 Å². The number of phenolic OH excluding ortho intramolecular Hbond substituents is 1. The third kappa shape index (κ3) is 9.35. The number of aromatic nitrogens is 4. The number of amides is 5. The largest absolute Gasteiger partial charge is 0.503 e. The Balaban J connectivity index is 0.718. The highest BCUT2D eigenvalue weighted by Crippen LogP contribution is 2.34. The van der Waals surface area contributed by atoms with Crippen LogP contribution in [-0.4, -0.2) is 117 Å². The third-order valence-electron chi connectivity index (χ3n) is 13.5. The smallest absolute Gasteiger partial charge is 0.328 e. The molecule has 18 heteroatoms. The van der Waals surface area contributed by atoms with Crippen LogP contribution in [0.15, 0.2) is 61.1 Å². The molecule has 340 valence electrons. The second-order valence-electron chi connectivity index (χ2n) is 17.7. The van der Waals surface area contributed by atoms with Crippen molar-refractivity contribution in [3.05, 3.63) is 95.2 Å². The highest BCUT2D eigenvalue weighted by Gasteiger charge is 2.31. The lowest BCUT2D eigenvalue weighted by molar-refractivity contribution is -0.120. The number of halogens is 3. The van der Waals surface area contributed by atoms with Crippen LogP contribution in [0.3, 0.4) is 0 Å². The molecule has 9 rings (SSSR count). The van der Waals surface area contributed by atoms with Crippen molar-refractivity contribution in [3.8, 4) is 16.9 Å². The van der Waals surface area contributed by atoms with Gasteiger partial charge in [0.15, 0.2) is 17.4 Å². The van der Waals surface area contributed by atoms with Crippen molar-refractivity contribution < 1.29 is 37.5 Å². The molecule has 1 saturated carbocycles. The number of piperidine rings is 1. The Kier molecular flexibility index (Phi) is 12.4. The van der Waals surface area contributed by atoms with Crippen LogP contribution >= 0.6 is 0 Å². The van der Waals surface area contributed by atoms with Crippen molar-refractivity contribution in [2.45, 2.75) is 57.9 Å².